The van der Waals surface area contributed by atoms with Gasteiger partial charge in [0.05, 0.1) is 0 Å². The van der Waals surface area contributed by atoms with Crippen LogP contribution in [0, 0.1) is 4.77 Å². The minimum absolute atomic E-state index is 0.0460. The lowest BCUT2D eigenvalue weighted by molar-refractivity contribution is 0.0395. The van der Waals surface area contributed by atoms with E-state index >= 15 is 0 Å². The van der Waals surface area contributed by atoms with Crippen molar-refractivity contribution in [3.05, 3.63) is 4.77 Å². The number of nitrogens with zero attached hydrogens (tertiary/aromatic N) is 3. The average molecular weight is 152 g/mol. The molecule has 7 heteroatoms. The maximum atomic E-state index is 11.6. The fourth-order valence-electron chi connectivity index (χ4n) is 0.319. The number of rotatable bonds is 1. The van der Waals surface area contributed by atoms with Gasteiger partial charge in [0.15, 0.2) is 0 Å². The van der Waals surface area contributed by atoms with E-state index in [1.54, 1.807) is 0 Å². The predicted molar refractivity (Wildman–Crippen MR) is 26.5 cm³/mol. The maximum absolute atomic E-state index is 11.6. The van der Waals surface area contributed by atoms with E-state index in [0.29, 0.717) is 0 Å². The molecule has 0 spiro atoms. The van der Waals surface area contributed by atoms with Crippen molar-refractivity contribution in [3.63, 3.8) is 0 Å². The molecule has 0 aliphatic rings. The average Bonchev–Trinajstić information content (AvgIpc) is 2.14. The molecule has 0 aliphatic carbocycles. The molecule has 0 saturated heterocycles. The van der Waals surface area contributed by atoms with E-state index in [4.69, 9.17) is 0 Å². The number of nitrogens with one attached hydrogen (secondary N) is 1. The van der Waals surface area contributed by atoms with Crippen molar-refractivity contribution in [3.8, 4) is 0 Å². The molecule has 0 saturated carbocycles. The Bertz CT molecular complexity index is 239. The van der Waals surface area contributed by atoms with Crippen molar-refractivity contribution < 1.29 is 8.78 Å². The summed E-state index contributed by atoms with van der Waals surface area (Å²) in [7, 11) is 0. The molecule has 0 fully saturated rings. The van der Waals surface area contributed by atoms with E-state index in [2.05, 4.69) is 22.5 Å². The Morgan fingerprint density at radius 1 is 1.67 bits per heavy atom. The number of H-pyrrole nitrogens is 1. The molecule has 4 nitrogen and oxygen atoms in total. The molecule has 0 bridgehead atoms. The Morgan fingerprint density at radius 3 is 2.56 bits per heavy atom. The van der Waals surface area contributed by atoms with Crippen molar-refractivity contribution >= 4 is 12.2 Å². The molecule has 0 atom stereocenters. The van der Waals surface area contributed by atoms with Crippen LogP contribution in [0.25, 0.3) is 0 Å². The summed E-state index contributed by atoms with van der Waals surface area (Å²) in [4.78, 5) is 0.280. The van der Waals surface area contributed by atoms with Gasteiger partial charge in [-0.2, -0.15) is 8.78 Å². The number of tetrazole rings is 1. The molecule has 1 aromatic rings. The van der Waals surface area contributed by atoms with E-state index in [9.17, 15) is 8.78 Å². The Hall–Kier alpha value is -0.850. The molecule has 0 radical (unpaired) electrons. The van der Waals surface area contributed by atoms with Crippen LogP contribution >= 0.6 is 12.2 Å². The fraction of sp³-hybridized carbons (Fsp3) is 0.500. The second-order valence-electron chi connectivity index (χ2n) is 1.23. The van der Waals surface area contributed by atoms with Crippen LogP contribution < -0.4 is 0 Å². The summed E-state index contributed by atoms with van der Waals surface area (Å²) in [5, 5.41) is 8.14. The molecule has 0 aromatic carbocycles. The second kappa shape index (κ2) is 2.18. The van der Waals surface area contributed by atoms with Crippen molar-refractivity contribution in [1.82, 2.24) is 20.2 Å². The third kappa shape index (κ3) is 1.28. The fourth-order valence-corrected chi connectivity index (χ4v) is 0.449. The summed E-state index contributed by atoms with van der Waals surface area (Å²) < 4.78 is 23.1. The summed E-state index contributed by atoms with van der Waals surface area (Å²) in [6.07, 6.45) is 0. The van der Waals surface area contributed by atoms with Gasteiger partial charge in [0.1, 0.15) is 0 Å². The maximum Gasteiger partial charge on any atom is 0.348 e. The summed E-state index contributed by atoms with van der Waals surface area (Å²) >= 11 is 4.37. The summed E-state index contributed by atoms with van der Waals surface area (Å²) in [5.74, 6) is 0. The van der Waals surface area contributed by atoms with Crippen molar-refractivity contribution in [2.75, 3.05) is 0 Å². The SMILES string of the molecule is FC(F)n1nnc(=S)[nH]1. The molecule has 9 heavy (non-hydrogen) atoms. The smallest absolute Gasteiger partial charge is 0.248 e. The van der Waals surface area contributed by atoms with Crippen molar-refractivity contribution in [2.45, 2.75) is 6.55 Å². The Morgan fingerprint density at radius 2 is 2.33 bits per heavy atom. The molecular weight excluding hydrogens is 150 g/mol. The summed E-state index contributed by atoms with van der Waals surface area (Å²) in [6.45, 7) is -2.70. The Kier molecular flexibility index (Phi) is 1.52. The first-order valence-corrected chi connectivity index (χ1v) is 2.40. The van der Waals surface area contributed by atoms with E-state index in [-0.39, 0.29) is 9.57 Å². The van der Waals surface area contributed by atoms with Gasteiger partial charge in [-0.25, -0.2) is 5.10 Å². The minimum Gasteiger partial charge on any atom is -0.248 e. The first kappa shape index (κ1) is 6.27. The molecular formula is C2H2F2N4S. The van der Waals surface area contributed by atoms with Crippen LogP contribution in [0.3, 0.4) is 0 Å². The van der Waals surface area contributed by atoms with Crippen LogP contribution in [0.15, 0.2) is 0 Å². The Labute approximate surface area is 53.5 Å². The molecule has 1 N–H and O–H groups in total. The zero-order valence-corrected chi connectivity index (χ0v) is 4.90. The number of aromatic nitrogens is 4. The second-order valence-corrected chi connectivity index (χ2v) is 1.62. The van der Waals surface area contributed by atoms with Gasteiger partial charge < -0.3 is 0 Å². The number of aromatic amines is 1. The highest BCUT2D eigenvalue weighted by atomic mass is 32.1. The van der Waals surface area contributed by atoms with Gasteiger partial charge in [-0.1, -0.05) is 5.10 Å². The van der Waals surface area contributed by atoms with Gasteiger partial charge in [0, 0.05) is 0 Å². The lowest BCUT2D eigenvalue weighted by atomic mass is 11.3. The monoisotopic (exact) mass is 152 g/mol. The molecule has 0 aliphatic heterocycles. The lowest BCUT2D eigenvalue weighted by Crippen LogP contribution is -2.01. The van der Waals surface area contributed by atoms with E-state index in [1.165, 1.54) is 0 Å². The van der Waals surface area contributed by atoms with E-state index in [1.807, 2.05) is 5.10 Å². The van der Waals surface area contributed by atoms with Gasteiger partial charge in [0.25, 0.3) is 0 Å². The van der Waals surface area contributed by atoms with Crippen LogP contribution in [0.2, 0.25) is 0 Å². The van der Waals surface area contributed by atoms with Crippen LogP contribution in [-0.4, -0.2) is 20.2 Å². The van der Waals surface area contributed by atoms with Crippen LogP contribution in [-0.2, 0) is 0 Å². The number of alkyl halides is 2. The normalized spacial score (nSPS) is 10.6. The van der Waals surface area contributed by atoms with Gasteiger partial charge >= 0.3 is 6.55 Å². The Balaban J connectivity index is 2.98. The largest absolute Gasteiger partial charge is 0.348 e. The third-order valence-corrected chi connectivity index (χ3v) is 0.800. The molecule has 0 amide bonds. The molecule has 1 aromatic heterocycles. The molecule has 1 heterocycles. The van der Waals surface area contributed by atoms with Crippen LogP contribution in [0.1, 0.15) is 6.55 Å². The van der Waals surface area contributed by atoms with Gasteiger partial charge in [-0.05, 0) is 17.4 Å². The number of halogens is 2. The van der Waals surface area contributed by atoms with Crippen molar-refractivity contribution in [1.29, 1.82) is 0 Å². The zero-order chi connectivity index (χ0) is 6.85. The first-order valence-electron chi connectivity index (χ1n) is 2.00. The van der Waals surface area contributed by atoms with Crippen LogP contribution in [0.5, 0.6) is 0 Å². The minimum atomic E-state index is -2.70. The van der Waals surface area contributed by atoms with Gasteiger partial charge in [-0.15, -0.1) is 4.80 Å². The molecule has 50 valence electrons. The highest BCUT2D eigenvalue weighted by Crippen LogP contribution is 2.02. The molecule has 0 unspecified atom stereocenters. The van der Waals surface area contributed by atoms with Gasteiger partial charge in [-0.3, -0.25) is 0 Å². The van der Waals surface area contributed by atoms with E-state index in [0.717, 1.165) is 0 Å². The third-order valence-electron chi connectivity index (χ3n) is 0.627. The lowest BCUT2D eigenvalue weighted by Gasteiger charge is -1.91. The predicted octanol–water partition coefficient (Wildman–Crippen LogP) is 0.731. The first-order chi connectivity index (χ1) is 4.20. The number of hydrogen-bond donors (Lipinski definition) is 1. The zero-order valence-electron chi connectivity index (χ0n) is 4.08. The summed E-state index contributed by atoms with van der Waals surface area (Å²) in [5.41, 5.74) is 0. The van der Waals surface area contributed by atoms with E-state index < -0.39 is 6.55 Å². The topological polar surface area (TPSA) is 46.5 Å². The van der Waals surface area contributed by atoms with Crippen molar-refractivity contribution in [2.24, 2.45) is 0 Å². The number of hydrogen-bond acceptors (Lipinski definition) is 3. The molecule has 1 rings (SSSR count). The highest BCUT2D eigenvalue weighted by molar-refractivity contribution is 7.71. The standard InChI is InChI=1S/C2H2F2N4S/c3-1(4)8-6-2(9)5-7-8/h1H,(H,6,9). The van der Waals surface area contributed by atoms with Gasteiger partial charge in [0.2, 0.25) is 4.77 Å². The summed E-state index contributed by atoms with van der Waals surface area (Å²) in [6, 6.07) is 0. The quantitative estimate of drug-likeness (QED) is 0.603. The van der Waals surface area contributed by atoms with Crippen LogP contribution in [0.4, 0.5) is 8.78 Å². The highest BCUT2D eigenvalue weighted by Gasteiger charge is 2.04.